The van der Waals surface area contributed by atoms with Crippen molar-refractivity contribution in [2.24, 2.45) is 5.92 Å². The molecule has 0 aliphatic carbocycles. The van der Waals surface area contributed by atoms with E-state index in [1.54, 1.807) is 42.7 Å². The Kier molecular flexibility index (Phi) is 6.18. The zero-order valence-corrected chi connectivity index (χ0v) is 17.8. The number of ether oxygens (including phenoxy) is 2. The van der Waals surface area contributed by atoms with Crippen molar-refractivity contribution in [3.05, 3.63) is 59.2 Å². The van der Waals surface area contributed by atoms with Crippen molar-refractivity contribution in [1.29, 1.82) is 0 Å². The lowest BCUT2D eigenvalue weighted by Crippen LogP contribution is -2.30. The van der Waals surface area contributed by atoms with Crippen molar-refractivity contribution in [2.45, 2.75) is 19.9 Å². The molecule has 1 aliphatic rings. The van der Waals surface area contributed by atoms with Gasteiger partial charge in [0.25, 0.3) is 0 Å². The van der Waals surface area contributed by atoms with Gasteiger partial charge in [0.15, 0.2) is 11.5 Å². The van der Waals surface area contributed by atoms with E-state index in [0.717, 1.165) is 11.1 Å². The number of rotatable bonds is 6. The Hall–Kier alpha value is -3.39. The maximum Gasteiger partial charge on any atom is 0.249 e. The molecule has 0 radical (unpaired) electrons. The topological polar surface area (TPSA) is 99.4 Å². The van der Waals surface area contributed by atoms with E-state index < -0.39 is 6.04 Å². The Bertz CT molecular complexity index is 1100. The lowest BCUT2D eigenvalue weighted by molar-refractivity contribution is -0.117. The first kappa shape index (κ1) is 20.9. The standard InChI is InChI=1S/C22H21ClN4O4/c1-13(2)19(22-26-21(27-31-22)15-5-7-24-8-6-15)25-18(28)4-3-14-11-16(23)20-17(12-14)29-9-10-30-20/h3-8,11-13,19H,9-10H2,1-2H3,(H,25,28)/b4-3+. The third-order valence-corrected chi connectivity index (χ3v) is 4.94. The van der Waals surface area contributed by atoms with Gasteiger partial charge in [-0.1, -0.05) is 30.6 Å². The number of carbonyl (C=O) groups is 1. The van der Waals surface area contributed by atoms with Crippen molar-refractivity contribution in [3.8, 4) is 22.9 Å². The van der Waals surface area contributed by atoms with Crippen molar-refractivity contribution in [2.75, 3.05) is 13.2 Å². The first-order valence-corrected chi connectivity index (χ1v) is 10.2. The summed E-state index contributed by atoms with van der Waals surface area (Å²) in [4.78, 5) is 21.0. The highest BCUT2D eigenvalue weighted by molar-refractivity contribution is 6.32. The molecule has 3 aromatic rings. The van der Waals surface area contributed by atoms with Crippen LogP contribution in [0.5, 0.6) is 11.5 Å². The minimum Gasteiger partial charge on any atom is -0.486 e. The molecule has 8 nitrogen and oxygen atoms in total. The van der Waals surface area contributed by atoms with E-state index in [1.165, 1.54) is 6.08 Å². The van der Waals surface area contributed by atoms with Gasteiger partial charge in [-0.2, -0.15) is 4.98 Å². The minimum atomic E-state index is -0.441. The molecule has 160 valence electrons. The van der Waals surface area contributed by atoms with E-state index in [0.29, 0.717) is 41.5 Å². The Morgan fingerprint density at radius 1 is 1.19 bits per heavy atom. The Balaban J connectivity index is 1.47. The van der Waals surface area contributed by atoms with Gasteiger partial charge in [0, 0.05) is 24.0 Å². The van der Waals surface area contributed by atoms with Gasteiger partial charge in [0.2, 0.25) is 17.6 Å². The summed E-state index contributed by atoms with van der Waals surface area (Å²) in [5.41, 5.74) is 1.51. The summed E-state index contributed by atoms with van der Waals surface area (Å²) in [7, 11) is 0. The molecule has 0 fully saturated rings. The summed E-state index contributed by atoms with van der Waals surface area (Å²) < 4.78 is 16.5. The smallest absolute Gasteiger partial charge is 0.249 e. The lowest BCUT2D eigenvalue weighted by atomic mass is 10.0. The van der Waals surface area contributed by atoms with Gasteiger partial charge in [-0.3, -0.25) is 9.78 Å². The van der Waals surface area contributed by atoms with Crippen LogP contribution in [0.25, 0.3) is 17.5 Å². The van der Waals surface area contributed by atoms with Gasteiger partial charge in [-0.15, -0.1) is 0 Å². The normalized spacial score (nSPS) is 14.1. The summed E-state index contributed by atoms with van der Waals surface area (Å²) in [6.07, 6.45) is 6.40. The van der Waals surface area contributed by atoms with Crippen molar-refractivity contribution < 1.29 is 18.8 Å². The number of amides is 1. The quantitative estimate of drug-likeness (QED) is 0.576. The number of pyridine rings is 1. The van der Waals surface area contributed by atoms with Crippen LogP contribution >= 0.6 is 11.6 Å². The van der Waals surface area contributed by atoms with Crippen LogP contribution in [0.4, 0.5) is 0 Å². The van der Waals surface area contributed by atoms with Crippen molar-refractivity contribution in [1.82, 2.24) is 20.4 Å². The van der Waals surface area contributed by atoms with E-state index in [-0.39, 0.29) is 11.8 Å². The molecule has 1 unspecified atom stereocenters. The fourth-order valence-corrected chi connectivity index (χ4v) is 3.37. The Labute approximate surface area is 184 Å². The third-order valence-electron chi connectivity index (χ3n) is 4.66. The number of halogens is 1. The van der Waals surface area contributed by atoms with Crippen LogP contribution in [0.3, 0.4) is 0 Å². The molecule has 9 heteroatoms. The molecule has 0 saturated carbocycles. The Morgan fingerprint density at radius 3 is 2.74 bits per heavy atom. The monoisotopic (exact) mass is 440 g/mol. The summed E-state index contributed by atoms with van der Waals surface area (Å²) in [5.74, 6) is 1.61. The fourth-order valence-electron chi connectivity index (χ4n) is 3.09. The molecule has 1 amide bonds. The molecule has 31 heavy (non-hydrogen) atoms. The number of nitrogens with zero attached hydrogens (tertiary/aromatic N) is 3. The molecule has 0 bridgehead atoms. The van der Waals surface area contributed by atoms with E-state index >= 15 is 0 Å². The predicted octanol–water partition coefficient (Wildman–Crippen LogP) is 4.08. The van der Waals surface area contributed by atoms with Gasteiger partial charge >= 0.3 is 0 Å². The molecule has 4 rings (SSSR count). The average molecular weight is 441 g/mol. The number of benzene rings is 1. The van der Waals surface area contributed by atoms with Gasteiger partial charge in [0.1, 0.15) is 19.3 Å². The summed E-state index contributed by atoms with van der Waals surface area (Å²) >= 11 is 6.25. The van der Waals surface area contributed by atoms with E-state index in [9.17, 15) is 4.79 Å². The second kappa shape index (κ2) is 9.18. The van der Waals surface area contributed by atoms with Gasteiger partial charge < -0.3 is 19.3 Å². The van der Waals surface area contributed by atoms with E-state index in [4.69, 9.17) is 25.6 Å². The maximum absolute atomic E-state index is 12.6. The first-order valence-electron chi connectivity index (χ1n) is 9.83. The van der Waals surface area contributed by atoms with Crippen LogP contribution in [0, 0.1) is 5.92 Å². The van der Waals surface area contributed by atoms with E-state index in [1.807, 2.05) is 13.8 Å². The second-order valence-electron chi connectivity index (χ2n) is 7.28. The number of fused-ring (bicyclic) bond motifs is 1. The number of carbonyl (C=O) groups excluding carboxylic acids is 1. The zero-order chi connectivity index (χ0) is 21.8. The molecular weight excluding hydrogens is 420 g/mol. The summed E-state index contributed by atoms with van der Waals surface area (Å²) in [5, 5.41) is 7.38. The van der Waals surface area contributed by atoms with Crippen LogP contribution in [-0.4, -0.2) is 34.2 Å². The molecule has 2 aromatic heterocycles. The highest BCUT2D eigenvalue weighted by Gasteiger charge is 2.24. The number of hydrogen-bond donors (Lipinski definition) is 1. The van der Waals surface area contributed by atoms with Gasteiger partial charge in [0.05, 0.1) is 5.02 Å². The van der Waals surface area contributed by atoms with E-state index in [2.05, 4.69) is 20.4 Å². The van der Waals surface area contributed by atoms with Gasteiger partial charge in [-0.25, -0.2) is 0 Å². The summed E-state index contributed by atoms with van der Waals surface area (Å²) in [6, 6.07) is 6.64. The number of nitrogens with one attached hydrogen (secondary N) is 1. The highest BCUT2D eigenvalue weighted by Crippen LogP contribution is 2.38. The molecule has 3 heterocycles. The SMILES string of the molecule is CC(C)C(NC(=O)/C=C/c1cc(Cl)c2c(c1)OCCO2)c1nc(-c2ccncc2)no1. The molecule has 1 aromatic carbocycles. The first-order chi connectivity index (χ1) is 15.0. The Morgan fingerprint density at radius 2 is 1.97 bits per heavy atom. The third kappa shape index (κ3) is 4.86. The zero-order valence-electron chi connectivity index (χ0n) is 17.0. The average Bonchev–Trinajstić information content (AvgIpc) is 3.26. The fraction of sp³-hybridized carbons (Fsp3) is 0.273. The molecule has 1 N–H and O–H groups in total. The second-order valence-corrected chi connectivity index (χ2v) is 7.69. The predicted molar refractivity (Wildman–Crippen MR) is 115 cm³/mol. The van der Waals surface area contributed by atoms with Crippen LogP contribution in [-0.2, 0) is 4.79 Å². The minimum absolute atomic E-state index is 0.0341. The van der Waals surface area contributed by atoms with Crippen LogP contribution in [0.2, 0.25) is 5.02 Å². The maximum atomic E-state index is 12.6. The van der Waals surface area contributed by atoms with Gasteiger partial charge in [-0.05, 0) is 41.8 Å². The molecular formula is C22H21ClN4O4. The van der Waals surface area contributed by atoms with Crippen LogP contribution < -0.4 is 14.8 Å². The number of aromatic nitrogens is 3. The van der Waals surface area contributed by atoms with Crippen molar-refractivity contribution >= 4 is 23.6 Å². The van der Waals surface area contributed by atoms with Crippen LogP contribution in [0.1, 0.15) is 31.3 Å². The summed E-state index contributed by atoms with van der Waals surface area (Å²) in [6.45, 7) is 4.84. The lowest BCUT2D eigenvalue weighted by Gasteiger charge is -2.19. The molecule has 1 atom stereocenters. The number of hydrogen-bond acceptors (Lipinski definition) is 7. The van der Waals surface area contributed by atoms with Crippen molar-refractivity contribution in [3.63, 3.8) is 0 Å². The molecule has 0 spiro atoms. The largest absolute Gasteiger partial charge is 0.486 e. The van der Waals surface area contributed by atoms with Crippen LogP contribution in [0.15, 0.2) is 47.3 Å². The molecule has 0 saturated heterocycles. The molecule has 1 aliphatic heterocycles. The highest BCUT2D eigenvalue weighted by atomic mass is 35.5.